The number of aliphatic carboxylic acids is 1. The number of carbonyl (C=O) groups excluding carboxylic acids is 2. The number of nitrogens with zero attached hydrogens (tertiary/aromatic N) is 1. The second-order valence-electron chi connectivity index (χ2n) is 6.26. The minimum atomic E-state index is -1.02. The zero-order valence-corrected chi connectivity index (χ0v) is 13.4. The van der Waals surface area contributed by atoms with Gasteiger partial charge in [0.25, 0.3) is 0 Å². The fourth-order valence-electron chi connectivity index (χ4n) is 2.82. The van der Waals surface area contributed by atoms with Gasteiger partial charge in [0.15, 0.2) is 0 Å². The van der Waals surface area contributed by atoms with Crippen molar-refractivity contribution >= 4 is 23.5 Å². The van der Waals surface area contributed by atoms with E-state index in [2.05, 4.69) is 5.43 Å². The summed E-state index contributed by atoms with van der Waals surface area (Å²) in [6, 6.07) is 7.39. The Labute approximate surface area is 135 Å². The van der Waals surface area contributed by atoms with Crippen molar-refractivity contribution < 1.29 is 19.5 Å². The first-order valence-corrected chi connectivity index (χ1v) is 7.81. The van der Waals surface area contributed by atoms with Gasteiger partial charge in [-0.15, -0.1) is 0 Å². The van der Waals surface area contributed by atoms with Crippen LogP contribution in [0.5, 0.6) is 0 Å². The standard InChI is InChI=1S/C17H22N2O4/c1-11(2)9-13(10-16(21)22)17(23)18-19-14-6-4-3-5-12(14)7-8-15(19)20/h3-6,11,13H,7-10H2,1-2H3,(H,18,23)(H,21,22). The highest BCUT2D eigenvalue weighted by atomic mass is 16.4. The largest absolute Gasteiger partial charge is 0.481 e. The number of hydrogen-bond acceptors (Lipinski definition) is 3. The molecule has 1 atom stereocenters. The molecule has 0 aromatic heterocycles. The summed E-state index contributed by atoms with van der Waals surface area (Å²) in [7, 11) is 0. The summed E-state index contributed by atoms with van der Waals surface area (Å²) in [5.41, 5.74) is 4.27. The summed E-state index contributed by atoms with van der Waals surface area (Å²) in [5.74, 6) is -2.10. The summed E-state index contributed by atoms with van der Waals surface area (Å²) < 4.78 is 0. The van der Waals surface area contributed by atoms with E-state index >= 15 is 0 Å². The number of benzene rings is 1. The molecule has 1 aromatic carbocycles. The molecule has 0 fully saturated rings. The van der Waals surface area contributed by atoms with Gasteiger partial charge in [0.05, 0.1) is 18.0 Å². The summed E-state index contributed by atoms with van der Waals surface area (Å²) in [6.45, 7) is 3.87. The SMILES string of the molecule is CC(C)CC(CC(=O)O)C(=O)NN1C(=O)CCc2ccccc21. The Bertz CT molecular complexity index is 612. The molecule has 2 rings (SSSR count). The van der Waals surface area contributed by atoms with Gasteiger partial charge in [0.2, 0.25) is 11.8 Å². The van der Waals surface area contributed by atoms with Crippen molar-refractivity contribution in [2.24, 2.45) is 11.8 Å². The van der Waals surface area contributed by atoms with Crippen LogP contribution in [-0.4, -0.2) is 22.9 Å². The molecule has 2 amide bonds. The van der Waals surface area contributed by atoms with Gasteiger partial charge < -0.3 is 5.11 Å². The van der Waals surface area contributed by atoms with Crippen LogP contribution < -0.4 is 10.4 Å². The highest BCUT2D eigenvalue weighted by Gasteiger charge is 2.29. The number of anilines is 1. The molecule has 0 aliphatic carbocycles. The van der Waals surface area contributed by atoms with Crippen molar-refractivity contribution in [1.29, 1.82) is 0 Å². The van der Waals surface area contributed by atoms with Crippen LogP contribution in [0.25, 0.3) is 0 Å². The molecular formula is C17H22N2O4. The Balaban J connectivity index is 2.17. The fourth-order valence-corrected chi connectivity index (χ4v) is 2.82. The Morgan fingerprint density at radius 3 is 2.61 bits per heavy atom. The molecule has 6 heteroatoms. The lowest BCUT2D eigenvalue weighted by Crippen LogP contribution is -2.51. The van der Waals surface area contributed by atoms with Gasteiger partial charge in [0.1, 0.15) is 0 Å². The lowest BCUT2D eigenvalue weighted by Gasteiger charge is -2.30. The molecule has 0 saturated carbocycles. The maximum atomic E-state index is 12.5. The van der Waals surface area contributed by atoms with Crippen LogP contribution in [-0.2, 0) is 20.8 Å². The predicted molar refractivity (Wildman–Crippen MR) is 85.6 cm³/mol. The van der Waals surface area contributed by atoms with Crippen LogP contribution >= 0.6 is 0 Å². The van der Waals surface area contributed by atoms with E-state index < -0.39 is 17.8 Å². The molecule has 23 heavy (non-hydrogen) atoms. The zero-order valence-electron chi connectivity index (χ0n) is 13.4. The third-order valence-corrected chi connectivity index (χ3v) is 3.86. The quantitative estimate of drug-likeness (QED) is 0.841. The van der Waals surface area contributed by atoms with Gasteiger partial charge in [-0.05, 0) is 30.4 Å². The van der Waals surface area contributed by atoms with E-state index in [0.717, 1.165) is 5.56 Å². The number of rotatable bonds is 6. The maximum absolute atomic E-state index is 12.5. The van der Waals surface area contributed by atoms with Crippen molar-refractivity contribution in [2.45, 2.75) is 39.5 Å². The molecule has 0 radical (unpaired) electrons. The van der Waals surface area contributed by atoms with Crippen molar-refractivity contribution in [3.8, 4) is 0 Å². The van der Waals surface area contributed by atoms with Gasteiger partial charge in [-0.2, -0.15) is 0 Å². The second-order valence-corrected chi connectivity index (χ2v) is 6.26. The van der Waals surface area contributed by atoms with Crippen LogP contribution in [0.3, 0.4) is 0 Å². The van der Waals surface area contributed by atoms with Gasteiger partial charge >= 0.3 is 5.97 Å². The Morgan fingerprint density at radius 1 is 1.26 bits per heavy atom. The van der Waals surface area contributed by atoms with Gasteiger partial charge in [0, 0.05) is 6.42 Å². The summed E-state index contributed by atoms with van der Waals surface area (Å²) in [6.07, 6.45) is 1.19. The van der Waals surface area contributed by atoms with Gasteiger partial charge in [-0.3, -0.25) is 19.8 Å². The van der Waals surface area contributed by atoms with E-state index in [1.165, 1.54) is 5.01 Å². The Hall–Kier alpha value is -2.37. The Morgan fingerprint density at radius 2 is 1.96 bits per heavy atom. The average Bonchev–Trinajstić information content (AvgIpc) is 2.48. The third kappa shape index (κ3) is 4.31. The normalized spacial score (nSPS) is 15.3. The average molecular weight is 318 g/mol. The molecule has 1 aromatic rings. The van der Waals surface area contributed by atoms with Crippen LogP contribution in [0.4, 0.5) is 5.69 Å². The van der Waals surface area contributed by atoms with Crippen LogP contribution in [0.15, 0.2) is 24.3 Å². The summed E-state index contributed by atoms with van der Waals surface area (Å²) in [4.78, 5) is 35.6. The molecule has 0 bridgehead atoms. The maximum Gasteiger partial charge on any atom is 0.304 e. The summed E-state index contributed by atoms with van der Waals surface area (Å²) >= 11 is 0. The molecule has 1 aliphatic heterocycles. The van der Waals surface area contributed by atoms with Crippen molar-refractivity contribution in [1.82, 2.24) is 5.43 Å². The van der Waals surface area contributed by atoms with Crippen LogP contribution in [0.1, 0.15) is 38.7 Å². The molecule has 0 spiro atoms. The number of hydrazine groups is 1. The zero-order chi connectivity index (χ0) is 17.0. The monoisotopic (exact) mass is 318 g/mol. The van der Waals surface area contributed by atoms with E-state index in [-0.39, 0.29) is 18.2 Å². The number of aryl methyl sites for hydroxylation is 1. The van der Waals surface area contributed by atoms with Crippen molar-refractivity contribution in [3.63, 3.8) is 0 Å². The second kappa shape index (κ2) is 7.26. The van der Waals surface area contributed by atoms with E-state index in [0.29, 0.717) is 24.9 Å². The number of nitrogens with one attached hydrogen (secondary N) is 1. The molecule has 0 saturated heterocycles. The van der Waals surface area contributed by atoms with Crippen molar-refractivity contribution in [3.05, 3.63) is 29.8 Å². The first-order valence-electron chi connectivity index (χ1n) is 7.81. The molecule has 124 valence electrons. The number of fused-ring (bicyclic) bond motifs is 1. The molecule has 6 nitrogen and oxygen atoms in total. The highest BCUT2D eigenvalue weighted by Crippen LogP contribution is 2.26. The van der Waals surface area contributed by atoms with Crippen LogP contribution in [0, 0.1) is 11.8 Å². The van der Waals surface area contributed by atoms with E-state index in [9.17, 15) is 14.4 Å². The molecular weight excluding hydrogens is 296 g/mol. The number of carboxylic acids is 1. The number of amides is 2. The number of para-hydroxylation sites is 1. The van der Waals surface area contributed by atoms with Gasteiger partial charge in [-0.1, -0.05) is 32.0 Å². The van der Waals surface area contributed by atoms with E-state index in [1.54, 1.807) is 12.1 Å². The van der Waals surface area contributed by atoms with E-state index in [1.807, 2.05) is 26.0 Å². The van der Waals surface area contributed by atoms with E-state index in [4.69, 9.17) is 5.11 Å². The topological polar surface area (TPSA) is 86.7 Å². The fraction of sp³-hybridized carbons (Fsp3) is 0.471. The van der Waals surface area contributed by atoms with Gasteiger partial charge in [-0.25, -0.2) is 5.01 Å². The minimum Gasteiger partial charge on any atom is -0.481 e. The molecule has 1 heterocycles. The minimum absolute atomic E-state index is 0.185. The first-order chi connectivity index (χ1) is 10.9. The number of carboxylic acid groups (broad SMARTS) is 1. The van der Waals surface area contributed by atoms with Crippen LogP contribution in [0.2, 0.25) is 0 Å². The smallest absolute Gasteiger partial charge is 0.304 e. The molecule has 2 N–H and O–H groups in total. The lowest BCUT2D eigenvalue weighted by atomic mass is 9.93. The Kier molecular flexibility index (Phi) is 5.36. The highest BCUT2D eigenvalue weighted by molar-refractivity contribution is 5.99. The molecule has 1 unspecified atom stereocenters. The third-order valence-electron chi connectivity index (χ3n) is 3.86. The number of hydrogen-bond donors (Lipinski definition) is 2. The molecule has 1 aliphatic rings. The first kappa shape index (κ1) is 17.0. The lowest BCUT2D eigenvalue weighted by molar-refractivity contribution is -0.141. The van der Waals surface area contributed by atoms with Crippen molar-refractivity contribution in [2.75, 3.05) is 5.01 Å². The number of carbonyl (C=O) groups is 3. The predicted octanol–water partition coefficient (Wildman–Crippen LogP) is 2.13. The summed E-state index contributed by atoms with van der Waals surface area (Å²) in [5, 5.41) is 10.3.